The highest BCUT2D eigenvalue weighted by atomic mass is 32.1. The van der Waals surface area contributed by atoms with Crippen molar-refractivity contribution in [2.45, 2.75) is 31.4 Å². The van der Waals surface area contributed by atoms with Gasteiger partial charge in [-0.25, -0.2) is 15.0 Å². The van der Waals surface area contributed by atoms with E-state index in [0.29, 0.717) is 17.5 Å². The molecule has 2 aliphatic rings. The van der Waals surface area contributed by atoms with Gasteiger partial charge < -0.3 is 25.2 Å². The van der Waals surface area contributed by atoms with E-state index in [2.05, 4.69) is 27.0 Å². The first-order valence-corrected chi connectivity index (χ1v) is 13.2. The summed E-state index contributed by atoms with van der Waals surface area (Å²) in [6, 6.07) is 6.21. The summed E-state index contributed by atoms with van der Waals surface area (Å²) in [5, 5.41) is 18.4. The largest absolute Gasteiger partial charge is 0.433 e. The molecule has 3 aromatic heterocycles. The molecule has 2 saturated heterocycles. The smallest absolute Gasteiger partial charge is 0.263 e. The van der Waals surface area contributed by atoms with Gasteiger partial charge >= 0.3 is 0 Å². The van der Waals surface area contributed by atoms with Crippen LogP contribution >= 0.6 is 11.3 Å². The molecule has 0 unspecified atom stereocenters. The zero-order valence-corrected chi connectivity index (χ0v) is 21.6. The highest BCUT2D eigenvalue weighted by molar-refractivity contribution is 7.13. The topological polar surface area (TPSA) is 124 Å². The van der Waals surface area contributed by atoms with Gasteiger partial charge in [0.2, 0.25) is 0 Å². The molecule has 0 bridgehead atoms. The lowest BCUT2D eigenvalue weighted by Crippen LogP contribution is -2.46. The van der Waals surface area contributed by atoms with Gasteiger partial charge in [0.25, 0.3) is 5.88 Å². The minimum Gasteiger partial charge on any atom is -0.433 e. The molecule has 0 atom stereocenters. The highest BCUT2D eigenvalue weighted by Gasteiger charge is 2.38. The number of ether oxygens (including phenoxy) is 2. The number of nitrogens with two attached hydrogens (primary N) is 1. The summed E-state index contributed by atoms with van der Waals surface area (Å²) in [7, 11) is 2.14. The van der Waals surface area contributed by atoms with Gasteiger partial charge in [-0.15, -0.1) is 11.3 Å². The number of rotatable bonds is 6. The molecule has 6 rings (SSSR count). The molecule has 3 N–H and O–H groups in total. The van der Waals surface area contributed by atoms with Crippen molar-refractivity contribution in [3.8, 4) is 33.5 Å². The average Bonchev–Trinajstić information content (AvgIpc) is 3.53. The average molecular weight is 520 g/mol. The van der Waals surface area contributed by atoms with Gasteiger partial charge in [0.15, 0.2) is 11.6 Å². The number of nitrogens with zero attached hydrogens (tertiary/aromatic N) is 6. The number of piperidine rings is 1. The van der Waals surface area contributed by atoms with E-state index in [0.717, 1.165) is 53.3 Å². The first kappa shape index (κ1) is 24.0. The molecule has 37 heavy (non-hydrogen) atoms. The summed E-state index contributed by atoms with van der Waals surface area (Å²) >= 11 is 1.56. The van der Waals surface area contributed by atoms with E-state index in [-0.39, 0.29) is 24.9 Å². The predicted molar refractivity (Wildman–Crippen MR) is 141 cm³/mol. The maximum atomic E-state index is 11.0. The maximum absolute atomic E-state index is 11.0. The summed E-state index contributed by atoms with van der Waals surface area (Å²) in [6.07, 6.45) is 7.27. The third-order valence-electron chi connectivity index (χ3n) is 6.94. The van der Waals surface area contributed by atoms with E-state index in [1.165, 1.54) is 0 Å². The van der Waals surface area contributed by atoms with Crippen LogP contribution in [0.1, 0.15) is 30.1 Å². The van der Waals surface area contributed by atoms with E-state index >= 15 is 0 Å². The van der Waals surface area contributed by atoms with Crippen molar-refractivity contribution in [2.75, 3.05) is 39.1 Å². The number of thiazole rings is 1. The lowest BCUT2D eigenvalue weighted by molar-refractivity contribution is -0.184. The van der Waals surface area contributed by atoms with E-state index < -0.39 is 5.60 Å². The summed E-state index contributed by atoms with van der Waals surface area (Å²) in [6.45, 7) is 4.54. The van der Waals surface area contributed by atoms with Crippen LogP contribution in [-0.2, 0) is 10.3 Å². The molecule has 10 nitrogen and oxygen atoms in total. The fraction of sp³-hybridized carbons (Fsp3) is 0.385. The maximum Gasteiger partial charge on any atom is 0.263 e. The molecule has 4 aromatic rings. The Morgan fingerprint density at radius 2 is 1.92 bits per heavy atom. The molecule has 2 aliphatic heterocycles. The Bertz CT molecular complexity index is 1420. The quantitative estimate of drug-likeness (QED) is 0.393. The Labute approximate surface area is 218 Å². The summed E-state index contributed by atoms with van der Waals surface area (Å²) in [4.78, 5) is 16.0. The van der Waals surface area contributed by atoms with Crippen molar-refractivity contribution in [3.63, 3.8) is 0 Å². The van der Waals surface area contributed by atoms with Crippen LogP contribution in [0.4, 0.5) is 5.82 Å². The molecular formula is C26H29N7O3S. The van der Waals surface area contributed by atoms with E-state index in [4.69, 9.17) is 20.2 Å². The van der Waals surface area contributed by atoms with E-state index in [1.54, 1.807) is 23.7 Å². The summed E-state index contributed by atoms with van der Waals surface area (Å²) < 4.78 is 13.3. The summed E-state index contributed by atoms with van der Waals surface area (Å²) in [5.41, 5.74) is 9.04. The van der Waals surface area contributed by atoms with Gasteiger partial charge in [-0.2, -0.15) is 5.10 Å². The first-order chi connectivity index (χ1) is 17.9. The van der Waals surface area contributed by atoms with Crippen LogP contribution in [-0.4, -0.2) is 68.1 Å². The number of hydrogen-bond donors (Lipinski definition) is 2. The Kier molecular flexibility index (Phi) is 6.15. The minimum absolute atomic E-state index is 0.189. The van der Waals surface area contributed by atoms with Gasteiger partial charge in [-0.05, 0) is 63.7 Å². The molecule has 2 fully saturated rings. The number of anilines is 1. The SMILES string of the molecule is Cc1csc(-c2cc(-c3cnc(N)c(Oc4cnn(C5CCN(C)CC5)c4)n3)cc(C3(O)COC3)c2)n1. The second-order valence-corrected chi connectivity index (χ2v) is 10.7. The van der Waals surface area contributed by atoms with Crippen molar-refractivity contribution < 1.29 is 14.6 Å². The number of aliphatic hydroxyl groups is 1. The summed E-state index contributed by atoms with van der Waals surface area (Å²) in [5.74, 6) is 0.961. The third kappa shape index (κ3) is 4.82. The number of nitrogen functional groups attached to an aromatic ring is 1. The number of aromatic nitrogens is 5. The van der Waals surface area contributed by atoms with Gasteiger partial charge in [-0.1, -0.05) is 0 Å². The van der Waals surface area contributed by atoms with Crippen molar-refractivity contribution in [1.82, 2.24) is 29.6 Å². The fourth-order valence-electron chi connectivity index (χ4n) is 4.66. The highest BCUT2D eigenvalue weighted by Crippen LogP contribution is 2.37. The monoisotopic (exact) mass is 519 g/mol. The van der Waals surface area contributed by atoms with Crippen molar-refractivity contribution >= 4 is 17.2 Å². The van der Waals surface area contributed by atoms with Gasteiger partial charge in [0, 0.05) is 22.2 Å². The molecule has 1 aromatic carbocycles. The van der Waals surface area contributed by atoms with Crippen LogP contribution in [0.25, 0.3) is 21.8 Å². The molecule has 0 spiro atoms. The number of benzene rings is 1. The number of hydrogen-bond acceptors (Lipinski definition) is 10. The Morgan fingerprint density at radius 1 is 1.14 bits per heavy atom. The third-order valence-corrected chi connectivity index (χ3v) is 7.94. The Morgan fingerprint density at radius 3 is 2.62 bits per heavy atom. The van der Waals surface area contributed by atoms with Gasteiger partial charge in [-0.3, -0.25) is 4.68 Å². The van der Waals surface area contributed by atoms with Crippen LogP contribution in [0, 0.1) is 6.92 Å². The molecular weight excluding hydrogens is 490 g/mol. The van der Waals surface area contributed by atoms with Crippen molar-refractivity contribution in [1.29, 1.82) is 0 Å². The van der Waals surface area contributed by atoms with Crippen LogP contribution in [0.2, 0.25) is 0 Å². The lowest BCUT2D eigenvalue weighted by Gasteiger charge is -2.37. The second-order valence-electron chi connectivity index (χ2n) is 9.86. The fourth-order valence-corrected chi connectivity index (χ4v) is 5.44. The molecule has 11 heteroatoms. The molecule has 0 amide bonds. The van der Waals surface area contributed by atoms with Crippen LogP contribution in [0.5, 0.6) is 11.6 Å². The van der Waals surface area contributed by atoms with Crippen molar-refractivity contribution in [2.24, 2.45) is 0 Å². The Hall–Kier alpha value is -3.38. The Balaban J connectivity index is 1.31. The predicted octanol–water partition coefficient (Wildman–Crippen LogP) is 3.63. The number of aryl methyl sites for hydroxylation is 1. The van der Waals surface area contributed by atoms with Crippen LogP contribution in [0.15, 0.2) is 42.2 Å². The van der Waals surface area contributed by atoms with Gasteiger partial charge in [0.1, 0.15) is 10.6 Å². The van der Waals surface area contributed by atoms with Gasteiger partial charge in [0.05, 0.1) is 43.5 Å². The zero-order valence-electron chi connectivity index (χ0n) is 20.8. The normalized spacial score (nSPS) is 18.0. The van der Waals surface area contributed by atoms with E-state index in [9.17, 15) is 5.11 Å². The van der Waals surface area contributed by atoms with Crippen LogP contribution in [0.3, 0.4) is 0 Å². The van der Waals surface area contributed by atoms with Crippen LogP contribution < -0.4 is 10.5 Å². The molecule has 192 valence electrons. The minimum atomic E-state index is -1.04. The zero-order chi connectivity index (χ0) is 25.6. The molecule has 0 saturated carbocycles. The first-order valence-electron chi connectivity index (χ1n) is 12.3. The molecule has 0 radical (unpaired) electrons. The number of likely N-dealkylation sites (tertiary alicyclic amines) is 1. The standard InChI is InChI=1S/C26H29N7O3S/c1-16-13-37-25(30-16)18-7-17(8-19(9-18)26(34)14-35-15-26)22-11-28-23(27)24(31-22)36-21-10-29-33(12-21)20-3-5-32(2)6-4-20/h7-13,20,34H,3-6,14-15H2,1-2H3,(H2,27,28). The molecule has 5 heterocycles. The molecule has 0 aliphatic carbocycles. The van der Waals surface area contributed by atoms with Crippen molar-refractivity contribution in [3.05, 3.63) is 53.4 Å². The lowest BCUT2D eigenvalue weighted by atomic mass is 9.89. The second kappa shape index (κ2) is 9.49. The van der Waals surface area contributed by atoms with E-state index in [1.807, 2.05) is 41.4 Å².